The Hall–Kier alpha value is -1.63. The van der Waals surface area contributed by atoms with Crippen LogP contribution >= 0.6 is 0 Å². The fourth-order valence-electron chi connectivity index (χ4n) is 1.81. The predicted octanol–water partition coefficient (Wildman–Crippen LogP) is -1.43. The van der Waals surface area contributed by atoms with Gasteiger partial charge in [-0.25, -0.2) is 4.79 Å². The van der Waals surface area contributed by atoms with Crippen LogP contribution in [0.1, 0.15) is 25.7 Å². The second-order valence-corrected chi connectivity index (χ2v) is 4.13. The monoisotopic (exact) mass is 243 g/mol. The molecular formula is C10H17N3O4. The normalized spacial score (nSPS) is 20.8. The molecule has 0 aliphatic carbocycles. The third-order valence-electron chi connectivity index (χ3n) is 2.63. The number of amides is 2. The quantitative estimate of drug-likeness (QED) is 0.456. The minimum atomic E-state index is -1.25. The highest BCUT2D eigenvalue weighted by Gasteiger charge is 2.24. The number of carboxylic acids is 1. The Bertz CT molecular complexity index is 313. The molecule has 1 heterocycles. The molecule has 1 rings (SSSR count). The van der Waals surface area contributed by atoms with E-state index in [-0.39, 0.29) is 24.8 Å². The Labute approximate surface area is 98.7 Å². The summed E-state index contributed by atoms with van der Waals surface area (Å²) in [5, 5.41) is 14.2. The van der Waals surface area contributed by atoms with Crippen LogP contribution in [0.2, 0.25) is 0 Å². The fourth-order valence-corrected chi connectivity index (χ4v) is 1.81. The van der Waals surface area contributed by atoms with E-state index in [0.717, 1.165) is 19.4 Å². The van der Waals surface area contributed by atoms with Gasteiger partial charge in [0.05, 0.1) is 6.42 Å². The van der Waals surface area contributed by atoms with Gasteiger partial charge in [0.25, 0.3) is 0 Å². The summed E-state index contributed by atoms with van der Waals surface area (Å²) in [7, 11) is 0. The molecule has 2 amide bonds. The number of primary amides is 1. The lowest BCUT2D eigenvalue weighted by Crippen LogP contribution is -2.44. The van der Waals surface area contributed by atoms with E-state index < -0.39 is 17.9 Å². The fraction of sp³-hybridized carbons (Fsp3) is 0.700. The first-order valence-electron chi connectivity index (χ1n) is 5.53. The van der Waals surface area contributed by atoms with E-state index in [4.69, 9.17) is 10.8 Å². The van der Waals surface area contributed by atoms with Gasteiger partial charge in [0.15, 0.2) is 0 Å². The number of rotatable bonds is 6. The second kappa shape index (κ2) is 6.19. The predicted molar refractivity (Wildman–Crippen MR) is 59.0 cm³/mol. The van der Waals surface area contributed by atoms with Crippen molar-refractivity contribution in [3.05, 3.63) is 0 Å². The molecule has 1 aliphatic heterocycles. The Morgan fingerprint density at radius 1 is 1.47 bits per heavy atom. The van der Waals surface area contributed by atoms with E-state index >= 15 is 0 Å². The van der Waals surface area contributed by atoms with E-state index in [9.17, 15) is 14.4 Å². The van der Waals surface area contributed by atoms with Gasteiger partial charge in [0.1, 0.15) is 6.04 Å². The molecule has 1 unspecified atom stereocenters. The van der Waals surface area contributed by atoms with Gasteiger partial charge < -0.3 is 21.5 Å². The second-order valence-electron chi connectivity index (χ2n) is 4.13. The van der Waals surface area contributed by atoms with Crippen LogP contribution in [0, 0.1) is 0 Å². The first-order valence-corrected chi connectivity index (χ1v) is 5.53. The molecule has 7 heteroatoms. The summed E-state index contributed by atoms with van der Waals surface area (Å²) in [4.78, 5) is 32.9. The van der Waals surface area contributed by atoms with Crippen molar-refractivity contribution in [3.8, 4) is 0 Å². The van der Waals surface area contributed by atoms with E-state index in [1.165, 1.54) is 0 Å². The molecule has 0 spiro atoms. The van der Waals surface area contributed by atoms with E-state index in [2.05, 4.69) is 10.6 Å². The minimum Gasteiger partial charge on any atom is -0.480 e. The smallest absolute Gasteiger partial charge is 0.326 e. The van der Waals surface area contributed by atoms with Gasteiger partial charge in [-0.1, -0.05) is 0 Å². The van der Waals surface area contributed by atoms with Crippen molar-refractivity contribution >= 4 is 17.8 Å². The van der Waals surface area contributed by atoms with Gasteiger partial charge >= 0.3 is 5.97 Å². The zero-order valence-electron chi connectivity index (χ0n) is 9.44. The maximum Gasteiger partial charge on any atom is 0.326 e. The van der Waals surface area contributed by atoms with E-state index in [1.807, 2.05) is 0 Å². The maximum absolute atomic E-state index is 11.5. The third-order valence-corrected chi connectivity index (χ3v) is 2.63. The van der Waals surface area contributed by atoms with Crippen molar-refractivity contribution in [3.63, 3.8) is 0 Å². The summed E-state index contributed by atoms with van der Waals surface area (Å²) in [5.74, 6) is -2.38. The summed E-state index contributed by atoms with van der Waals surface area (Å²) >= 11 is 0. The summed E-state index contributed by atoms with van der Waals surface area (Å²) in [6.45, 7) is 0.877. The van der Waals surface area contributed by atoms with Gasteiger partial charge in [0, 0.05) is 12.5 Å². The molecule has 96 valence electrons. The number of hydrogen-bond donors (Lipinski definition) is 4. The molecular weight excluding hydrogens is 226 g/mol. The van der Waals surface area contributed by atoms with Crippen LogP contribution in [0.4, 0.5) is 0 Å². The molecule has 0 aromatic heterocycles. The van der Waals surface area contributed by atoms with Gasteiger partial charge in [-0.2, -0.15) is 0 Å². The van der Waals surface area contributed by atoms with Crippen LogP contribution in [0.3, 0.4) is 0 Å². The standard InChI is InChI=1S/C10H17N3O4/c11-8(14)5-7(10(16)17)13-9(15)4-6-2-1-3-12-6/h6-7,12H,1-5H2,(H2,11,14)(H,13,15)(H,16,17)/t6?,7-/m1/s1. The largest absolute Gasteiger partial charge is 0.480 e. The van der Waals surface area contributed by atoms with Crippen LogP contribution in [0.25, 0.3) is 0 Å². The molecule has 1 saturated heterocycles. The van der Waals surface area contributed by atoms with Gasteiger partial charge in [-0.3, -0.25) is 9.59 Å². The summed E-state index contributed by atoms with van der Waals surface area (Å²) in [6, 6.07) is -1.14. The lowest BCUT2D eigenvalue weighted by Gasteiger charge is -2.15. The molecule has 17 heavy (non-hydrogen) atoms. The Morgan fingerprint density at radius 2 is 2.18 bits per heavy atom. The first-order chi connectivity index (χ1) is 7.99. The van der Waals surface area contributed by atoms with Crippen molar-refractivity contribution in [2.75, 3.05) is 6.54 Å². The zero-order chi connectivity index (χ0) is 12.8. The summed E-state index contributed by atoms with van der Waals surface area (Å²) < 4.78 is 0. The Morgan fingerprint density at radius 3 is 2.65 bits per heavy atom. The third kappa shape index (κ3) is 4.81. The van der Waals surface area contributed by atoms with Crippen LogP contribution in [0.15, 0.2) is 0 Å². The lowest BCUT2D eigenvalue weighted by atomic mass is 10.1. The van der Waals surface area contributed by atoms with Crippen LogP contribution < -0.4 is 16.4 Å². The van der Waals surface area contributed by atoms with Crippen molar-refractivity contribution in [2.45, 2.75) is 37.8 Å². The SMILES string of the molecule is NC(=O)C[C@@H](NC(=O)CC1CCCN1)C(=O)O. The van der Waals surface area contributed by atoms with Crippen molar-refractivity contribution in [2.24, 2.45) is 5.73 Å². The zero-order valence-corrected chi connectivity index (χ0v) is 9.44. The molecule has 5 N–H and O–H groups in total. The van der Waals surface area contributed by atoms with Gasteiger partial charge in [-0.05, 0) is 19.4 Å². The maximum atomic E-state index is 11.5. The number of carbonyl (C=O) groups excluding carboxylic acids is 2. The number of carboxylic acid groups (broad SMARTS) is 1. The molecule has 2 atom stereocenters. The molecule has 7 nitrogen and oxygen atoms in total. The molecule has 0 aromatic carbocycles. The Balaban J connectivity index is 2.40. The first kappa shape index (κ1) is 13.4. The molecule has 0 saturated carbocycles. The van der Waals surface area contributed by atoms with Crippen molar-refractivity contribution in [1.82, 2.24) is 10.6 Å². The van der Waals surface area contributed by atoms with Gasteiger partial charge in [0.2, 0.25) is 11.8 Å². The minimum absolute atomic E-state index is 0.0954. The van der Waals surface area contributed by atoms with Crippen LogP contribution in [-0.4, -0.2) is 41.5 Å². The van der Waals surface area contributed by atoms with Crippen molar-refractivity contribution in [1.29, 1.82) is 0 Å². The molecule has 0 radical (unpaired) electrons. The summed E-state index contributed by atoms with van der Waals surface area (Å²) in [5.41, 5.74) is 4.90. The van der Waals surface area contributed by atoms with Gasteiger partial charge in [-0.15, -0.1) is 0 Å². The van der Waals surface area contributed by atoms with Crippen LogP contribution in [-0.2, 0) is 14.4 Å². The highest BCUT2D eigenvalue weighted by molar-refractivity contribution is 5.88. The number of hydrogen-bond acceptors (Lipinski definition) is 4. The van der Waals surface area contributed by atoms with Crippen molar-refractivity contribution < 1.29 is 19.5 Å². The lowest BCUT2D eigenvalue weighted by molar-refractivity contribution is -0.143. The van der Waals surface area contributed by atoms with Crippen LogP contribution in [0.5, 0.6) is 0 Å². The highest BCUT2D eigenvalue weighted by atomic mass is 16.4. The number of carbonyl (C=O) groups is 3. The molecule has 1 fully saturated rings. The average molecular weight is 243 g/mol. The Kier molecular flexibility index (Phi) is 4.89. The molecule has 1 aliphatic rings. The molecule has 0 bridgehead atoms. The number of aliphatic carboxylic acids is 1. The topological polar surface area (TPSA) is 122 Å². The van der Waals surface area contributed by atoms with E-state index in [1.54, 1.807) is 0 Å². The van der Waals surface area contributed by atoms with E-state index in [0.29, 0.717) is 0 Å². The number of nitrogens with one attached hydrogen (secondary N) is 2. The number of nitrogens with two attached hydrogens (primary N) is 1. The highest BCUT2D eigenvalue weighted by Crippen LogP contribution is 2.08. The molecule has 0 aromatic rings. The average Bonchev–Trinajstić information content (AvgIpc) is 2.68. The summed E-state index contributed by atoms with van der Waals surface area (Å²) in [6.07, 6.45) is 1.75.